The normalized spacial score (nSPS) is 20.6. The predicted octanol–water partition coefficient (Wildman–Crippen LogP) is 1.18. The van der Waals surface area contributed by atoms with E-state index in [2.05, 4.69) is 9.72 Å². The molecular formula is C13H17N3O6. The van der Waals surface area contributed by atoms with Crippen molar-refractivity contribution in [3.8, 4) is 0 Å². The summed E-state index contributed by atoms with van der Waals surface area (Å²) in [5.41, 5.74) is 0.680. The summed E-state index contributed by atoms with van der Waals surface area (Å²) in [7, 11) is 1.18. The molecule has 1 amide bonds. The van der Waals surface area contributed by atoms with E-state index in [4.69, 9.17) is 0 Å². The highest BCUT2D eigenvalue weighted by Gasteiger charge is 2.46. The second-order valence-corrected chi connectivity index (χ2v) is 5.35. The molecule has 0 spiro atoms. The third kappa shape index (κ3) is 2.38. The van der Waals surface area contributed by atoms with Gasteiger partial charge in [0.25, 0.3) is 0 Å². The highest BCUT2D eigenvalue weighted by molar-refractivity contribution is 5.82. The van der Waals surface area contributed by atoms with E-state index in [1.807, 2.05) is 0 Å². The zero-order valence-electron chi connectivity index (χ0n) is 12.4. The number of aromatic nitrogens is 2. The van der Waals surface area contributed by atoms with Gasteiger partial charge >= 0.3 is 18.2 Å². The van der Waals surface area contributed by atoms with E-state index < -0.39 is 30.2 Å². The van der Waals surface area contributed by atoms with Gasteiger partial charge < -0.3 is 14.9 Å². The van der Waals surface area contributed by atoms with Crippen LogP contribution in [0.3, 0.4) is 0 Å². The molecular weight excluding hydrogens is 294 g/mol. The maximum absolute atomic E-state index is 11.9. The van der Waals surface area contributed by atoms with Crippen LogP contribution in [0.15, 0.2) is 6.33 Å². The van der Waals surface area contributed by atoms with Crippen molar-refractivity contribution in [1.29, 1.82) is 0 Å². The van der Waals surface area contributed by atoms with Crippen molar-refractivity contribution >= 4 is 18.2 Å². The summed E-state index contributed by atoms with van der Waals surface area (Å²) in [5, 5.41) is 18.7. The van der Waals surface area contributed by atoms with Crippen LogP contribution in [-0.2, 0) is 16.0 Å². The molecule has 0 saturated heterocycles. The average Bonchev–Trinajstić information content (AvgIpc) is 2.87. The third-order valence-corrected chi connectivity index (χ3v) is 3.72. The fraction of sp³-hybridized carbons (Fsp3) is 0.538. The van der Waals surface area contributed by atoms with Crippen LogP contribution in [-0.4, -0.2) is 56.0 Å². The molecule has 0 radical (unpaired) electrons. The van der Waals surface area contributed by atoms with E-state index in [1.54, 1.807) is 13.8 Å². The Balaban J connectivity index is 2.63. The van der Waals surface area contributed by atoms with Gasteiger partial charge in [0.2, 0.25) is 0 Å². The Hall–Kier alpha value is -2.58. The summed E-state index contributed by atoms with van der Waals surface area (Å²) in [4.78, 5) is 39.9. The Kier molecular flexibility index (Phi) is 4.07. The van der Waals surface area contributed by atoms with Gasteiger partial charge in [-0.2, -0.15) is 0 Å². The van der Waals surface area contributed by atoms with E-state index in [1.165, 1.54) is 7.11 Å². The fourth-order valence-electron chi connectivity index (χ4n) is 2.85. The van der Waals surface area contributed by atoms with Crippen LogP contribution in [0.4, 0.5) is 9.59 Å². The van der Waals surface area contributed by atoms with Crippen LogP contribution in [0.5, 0.6) is 0 Å². The molecule has 0 aliphatic carbocycles. The SMILES string of the molecule is COC(=O)[C@@H]1Cc2ncn(C(=O)O)c2C(C(C)C)N1C(=O)O. The summed E-state index contributed by atoms with van der Waals surface area (Å²) in [5.74, 6) is -0.944. The molecule has 2 heterocycles. The number of imidazole rings is 1. The predicted molar refractivity (Wildman–Crippen MR) is 72.6 cm³/mol. The highest BCUT2D eigenvalue weighted by Crippen LogP contribution is 2.38. The number of carbonyl (C=O) groups excluding carboxylic acids is 1. The second-order valence-electron chi connectivity index (χ2n) is 5.35. The van der Waals surface area contributed by atoms with Gasteiger partial charge in [-0.05, 0) is 5.92 Å². The molecule has 1 aromatic rings. The molecule has 9 nitrogen and oxygen atoms in total. The second kappa shape index (κ2) is 5.66. The Labute approximate surface area is 126 Å². The van der Waals surface area contributed by atoms with Gasteiger partial charge in [0.1, 0.15) is 12.4 Å². The van der Waals surface area contributed by atoms with Gasteiger partial charge in [0.15, 0.2) is 0 Å². The number of nitrogens with zero attached hydrogens (tertiary/aromatic N) is 3. The van der Waals surface area contributed by atoms with Crippen molar-refractivity contribution in [2.75, 3.05) is 7.11 Å². The molecule has 0 fully saturated rings. The number of amides is 1. The van der Waals surface area contributed by atoms with Gasteiger partial charge in [-0.15, -0.1) is 0 Å². The maximum atomic E-state index is 11.9. The van der Waals surface area contributed by atoms with E-state index in [0.29, 0.717) is 5.69 Å². The van der Waals surface area contributed by atoms with Crippen LogP contribution in [0.2, 0.25) is 0 Å². The minimum absolute atomic E-state index is 0.0161. The maximum Gasteiger partial charge on any atom is 0.417 e. The zero-order chi connectivity index (χ0) is 16.6. The van der Waals surface area contributed by atoms with Gasteiger partial charge in [-0.1, -0.05) is 13.8 Å². The van der Waals surface area contributed by atoms with Crippen LogP contribution in [0.25, 0.3) is 0 Å². The van der Waals surface area contributed by atoms with Crippen molar-refractivity contribution in [2.24, 2.45) is 5.92 Å². The lowest BCUT2D eigenvalue weighted by Crippen LogP contribution is -2.53. The van der Waals surface area contributed by atoms with Crippen molar-refractivity contribution < 1.29 is 29.3 Å². The number of hydrogen-bond donors (Lipinski definition) is 2. The lowest BCUT2D eigenvalue weighted by molar-refractivity contribution is -0.148. The third-order valence-electron chi connectivity index (χ3n) is 3.72. The molecule has 2 N–H and O–H groups in total. The molecule has 1 aromatic heterocycles. The molecule has 9 heteroatoms. The monoisotopic (exact) mass is 311 g/mol. The van der Waals surface area contributed by atoms with Crippen molar-refractivity contribution in [3.05, 3.63) is 17.7 Å². The first kappa shape index (κ1) is 15.8. The first-order chi connectivity index (χ1) is 10.3. The van der Waals surface area contributed by atoms with Crippen LogP contribution in [0.1, 0.15) is 31.3 Å². The lowest BCUT2D eigenvalue weighted by Gasteiger charge is -2.40. The smallest absolute Gasteiger partial charge is 0.417 e. The van der Waals surface area contributed by atoms with Gasteiger partial charge in [0.05, 0.1) is 24.5 Å². The number of methoxy groups -OCH3 is 1. The number of ether oxygens (including phenoxy) is 1. The molecule has 2 atom stereocenters. The Bertz CT molecular complexity index is 623. The number of carbonyl (C=O) groups is 3. The minimum atomic E-state index is -1.31. The lowest BCUT2D eigenvalue weighted by atomic mass is 9.89. The minimum Gasteiger partial charge on any atom is -0.467 e. The largest absolute Gasteiger partial charge is 0.467 e. The topological polar surface area (TPSA) is 122 Å². The molecule has 0 aromatic carbocycles. The summed E-state index contributed by atoms with van der Waals surface area (Å²) < 4.78 is 5.58. The quantitative estimate of drug-likeness (QED) is 0.786. The van der Waals surface area contributed by atoms with Crippen molar-refractivity contribution in [3.63, 3.8) is 0 Å². The fourth-order valence-corrected chi connectivity index (χ4v) is 2.85. The number of hydrogen-bond acceptors (Lipinski definition) is 5. The first-order valence-corrected chi connectivity index (χ1v) is 6.68. The Morgan fingerprint density at radius 3 is 2.41 bits per heavy atom. The summed E-state index contributed by atoms with van der Waals surface area (Å²) >= 11 is 0. The number of carboxylic acid groups (broad SMARTS) is 2. The van der Waals surface area contributed by atoms with E-state index >= 15 is 0 Å². The highest BCUT2D eigenvalue weighted by atomic mass is 16.5. The van der Waals surface area contributed by atoms with Crippen molar-refractivity contribution in [1.82, 2.24) is 14.5 Å². The molecule has 120 valence electrons. The van der Waals surface area contributed by atoms with E-state index in [9.17, 15) is 24.6 Å². The summed E-state index contributed by atoms with van der Waals surface area (Å²) in [6.45, 7) is 3.51. The average molecular weight is 311 g/mol. The van der Waals surface area contributed by atoms with Gasteiger partial charge in [-0.3, -0.25) is 4.90 Å². The molecule has 1 aliphatic heterocycles. The van der Waals surface area contributed by atoms with Crippen LogP contribution >= 0.6 is 0 Å². The van der Waals surface area contributed by atoms with Gasteiger partial charge in [0, 0.05) is 6.42 Å². The summed E-state index contributed by atoms with van der Waals surface area (Å²) in [6.07, 6.45) is -1.45. The first-order valence-electron chi connectivity index (χ1n) is 6.68. The standard InChI is InChI=1S/C13H17N3O6/c1-6(2)9-10-7(14-5-15(10)12(18)19)4-8(11(17)22-3)16(9)13(20)21/h5-6,8-9H,4H2,1-3H3,(H,18,19)(H,20,21)/t8-,9?/m0/s1. The molecule has 1 unspecified atom stereocenters. The summed E-state index contributed by atoms with van der Waals surface area (Å²) in [6, 6.07) is -1.84. The van der Waals surface area contributed by atoms with Crippen LogP contribution in [0, 0.1) is 5.92 Å². The molecule has 1 aliphatic rings. The number of esters is 1. The van der Waals surface area contributed by atoms with Crippen LogP contribution < -0.4 is 0 Å². The number of fused-ring (bicyclic) bond motifs is 1. The molecule has 0 bridgehead atoms. The molecule has 0 saturated carbocycles. The van der Waals surface area contributed by atoms with Crippen molar-refractivity contribution in [2.45, 2.75) is 32.4 Å². The molecule has 22 heavy (non-hydrogen) atoms. The molecule has 2 rings (SSSR count). The van der Waals surface area contributed by atoms with Gasteiger partial charge in [-0.25, -0.2) is 23.9 Å². The zero-order valence-corrected chi connectivity index (χ0v) is 12.4. The Morgan fingerprint density at radius 1 is 1.32 bits per heavy atom. The Morgan fingerprint density at radius 2 is 1.95 bits per heavy atom. The number of rotatable bonds is 2. The van der Waals surface area contributed by atoms with E-state index in [-0.39, 0.29) is 18.0 Å². The van der Waals surface area contributed by atoms with E-state index in [0.717, 1.165) is 15.8 Å².